The number of carbonyl (C=O) groups excluding carboxylic acids is 1. The predicted octanol–water partition coefficient (Wildman–Crippen LogP) is 3.28. The quantitative estimate of drug-likeness (QED) is 0.469. The van der Waals surface area contributed by atoms with Gasteiger partial charge in [-0.25, -0.2) is 27.7 Å². The maximum atomic E-state index is 12.6. The molecule has 3 N–H and O–H groups in total. The molecule has 0 atom stereocenters. The van der Waals surface area contributed by atoms with Crippen LogP contribution in [-0.4, -0.2) is 52.9 Å². The molecule has 3 heterocycles. The molecule has 1 aromatic carbocycles. The fraction of sp³-hybridized carbons (Fsp3) is 0.304. The lowest BCUT2D eigenvalue weighted by Crippen LogP contribution is -2.40. The topological polar surface area (TPSA) is 129 Å². The van der Waals surface area contributed by atoms with E-state index in [0.29, 0.717) is 54.9 Å². The third-order valence-corrected chi connectivity index (χ3v) is 6.78. The molecule has 1 aliphatic heterocycles. The number of pyridine rings is 1. The number of aryl methyl sites for hydroxylation is 1. The summed E-state index contributed by atoms with van der Waals surface area (Å²) in [4.78, 5) is 25.7. The van der Waals surface area contributed by atoms with Crippen molar-refractivity contribution in [1.29, 1.82) is 0 Å². The predicted molar refractivity (Wildman–Crippen MR) is 132 cm³/mol. The van der Waals surface area contributed by atoms with Crippen molar-refractivity contribution in [2.45, 2.75) is 19.8 Å². The molecule has 0 radical (unpaired) electrons. The van der Waals surface area contributed by atoms with E-state index in [9.17, 15) is 13.2 Å². The number of benzene rings is 1. The van der Waals surface area contributed by atoms with Crippen molar-refractivity contribution >= 4 is 44.8 Å². The van der Waals surface area contributed by atoms with Crippen LogP contribution in [0.5, 0.6) is 0 Å². The first-order valence-electron chi connectivity index (χ1n) is 10.9. The van der Waals surface area contributed by atoms with E-state index in [2.05, 4.69) is 30.9 Å². The lowest BCUT2D eigenvalue weighted by atomic mass is 9.97. The largest absolute Gasteiger partial charge is 0.340 e. The molecule has 0 unspecified atom stereocenters. The molecule has 10 nitrogen and oxygen atoms in total. The molecular formula is C23H27N7O3S. The maximum absolute atomic E-state index is 12.6. The van der Waals surface area contributed by atoms with Crippen LogP contribution in [0.15, 0.2) is 54.7 Å². The van der Waals surface area contributed by atoms with Gasteiger partial charge in [-0.3, -0.25) is 4.79 Å². The highest BCUT2D eigenvalue weighted by atomic mass is 32.2. The minimum absolute atomic E-state index is 0.0921. The minimum Gasteiger partial charge on any atom is -0.340 e. The first-order chi connectivity index (χ1) is 16.3. The van der Waals surface area contributed by atoms with Crippen LogP contribution in [0.4, 0.5) is 28.8 Å². The Balaban J connectivity index is 1.35. The molecule has 1 amide bonds. The molecule has 4 rings (SSSR count). The number of sulfonamides is 1. The molecule has 2 aromatic heterocycles. The van der Waals surface area contributed by atoms with Crippen LogP contribution >= 0.6 is 0 Å². The highest BCUT2D eigenvalue weighted by Gasteiger charge is 2.28. The molecule has 0 aliphatic carbocycles. The van der Waals surface area contributed by atoms with E-state index in [-0.39, 0.29) is 11.8 Å². The van der Waals surface area contributed by atoms with Crippen molar-refractivity contribution in [2.24, 2.45) is 5.92 Å². The average Bonchev–Trinajstić information content (AvgIpc) is 2.80. The normalized spacial score (nSPS) is 15.0. The van der Waals surface area contributed by atoms with E-state index in [1.54, 1.807) is 12.3 Å². The van der Waals surface area contributed by atoms with Gasteiger partial charge in [-0.2, -0.15) is 0 Å². The Bertz CT molecular complexity index is 1240. The van der Waals surface area contributed by atoms with Crippen LogP contribution in [0.3, 0.4) is 0 Å². The molecule has 1 saturated heterocycles. The number of hydrogen-bond acceptors (Lipinski definition) is 8. The highest BCUT2D eigenvalue weighted by molar-refractivity contribution is 7.88. The van der Waals surface area contributed by atoms with Gasteiger partial charge in [0.2, 0.25) is 15.9 Å². The number of hydrogen-bond donors (Lipinski definition) is 3. The van der Waals surface area contributed by atoms with E-state index in [4.69, 9.17) is 0 Å². The number of nitrogens with zero attached hydrogens (tertiary/aromatic N) is 4. The van der Waals surface area contributed by atoms with Crippen LogP contribution in [0.1, 0.15) is 18.7 Å². The number of amides is 1. The zero-order valence-electron chi connectivity index (χ0n) is 19.0. The van der Waals surface area contributed by atoms with Crippen molar-refractivity contribution in [3.8, 4) is 0 Å². The third kappa shape index (κ3) is 6.27. The van der Waals surface area contributed by atoms with Crippen LogP contribution in [0.25, 0.3) is 0 Å². The van der Waals surface area contributed by atoms with Crippen LogP contribution < -0.4 is 16.0 Å². The third-order valence-electron chi connectivity index (χ3n) is 5.48. The van der Waals surface area contributed by atoms with Gasteiger partial charge in [0.1, 0.15) is 23.3 Å². The summed E-state index contributed by atoms with van der Waals surface area (Å²) in [6, 6.07) is 14.7. The van der Waals surface area contributed by atoms with E-state index >= 15 is 0 Å². The maximum Gasteiger partial charge on any atom is 0.227 e. The summed E-state index contributed by atoms with van der Waals surface area (Å²) in [6.45, 7) is 2.55. The van der Waals surface area contributed by atoms with Gasteiger partial charge in [0.05, 0.1) is 6.26 Å². The number of piperidine rings is 1. The Morgan fingerprint density at radius 1 is 0.941 bits per heavy atom. The first-order valence-corrected chi connectivity index (χ1v) is 12.8. The number of aromatic nitrogens is 3. The lowest BCUT2D eigenvalue weighted by molar-refractivity contribution is -0.120. The van der Waals surface area contributed by atoms with Crippen molar-refractivity contribution in [1.82, 2.24) is 19.3 Å². The van der Waals surface area contributed by atoms with Gasteiger partial charge in [0.25, 0.3) is 0 Å². The van der Waals surface area contributed by atoms with Gasteiger partial charge < -0.3 is 16.0 Å². The van der Waals surface area contributed by atoms with Gasteiger partial charge in [0, 0.05) is 42.6 Å². The standard InChI is InChI=1S/C23H27N7O3S/c1-16-25-21(15-22(26-16)29-20-5-3-4-12-24-20)27-18-6-8-19(9-7-18)28-23(31)17-10-13-30(14-11-17)34(2,32)33/h3-9,12,15,17H,10-11,13-14H2,1-2H3,(H,28,31)(H2,24,25,26,27,29). The minimum atomic E-state index is -3.21. The molecule has 3 aromatic rings. The summed E-state index contributed by atoms with van der Waals surface area (Å²) in [5, 5.41) is 9.33. The lowest BCUT2D eigenvalue weighted by Gasteiger charge is -2.29. The number of rotatable bonds is 7. The Morgan fingerprint density at radius 3 is 2.21 bits per heavy atom. The average molecular weight is 482 g/mol. The summed E-state index contributed by atoms with van der Waals surface area (Å²) in [6.07, 6.45) is 3.93. The van der Waals surface area contributed by atoms with Crippen LogP contribution in [0, 0.1) is 12.8 Å². The monoisotopic (exact) mass is 481 g/mol. The Kier molecular flexibility index (Phi) is 7.03. The van der Waals surface area contributed by atoms with Gasteiger partial charge in [-0.15, -0.1) is 0 Å². The SMILES string of the molecule is Cc1nc(Nc2ccc(NC(=O)C3CCN(S(C)(=O)=O)CC3)cc2)cc(Nc2ccccn2)n1. The molecule has 0 saturated carbocycles. The number of carbonyl (C=O) groups is 1. The Morgan fingerprint density at radius 2 is 1.59 bits per heavy atom. The summed E-state index contributed by atoms with van der Waals surface area (Å²) >= 11 is 0. The molecular weight excluding hydrogens is 454 g/mol. The molecule has 178 valence electrons. The fourth-order valence-electron chi connectivity index (χ4n) is 3.74. The molecule has 11 heteroatoms. The van der Waals surface area contributed by atoms with E-state index in [1.165, 1.54) is 10.6 Å². The summed E-state index contributed by atoms with van der Waals surface area (Å²) in [5.74, 6) is 2.25. The molecule has 1 fully saturated rings. The van der Waals surface area contributed by atoms with Crippen LogP contribution in [0.2, 0.25) is 0 Å². The second-order valence-electron chi connectivity index (χ2n) is 8.15. The molecule has 34 heavy (non-hydrogen) atoms. The Hall–Kier alpha value is -3.57. The van der Waals surface area contributed by atoms with Gasteiger partial charge in [-0.1, -0.05) is 6.07 Å². The highest BCUT2D eigenvalue weighted by Crippen LogP contribution is 2.23. The molecule has 0 bridgehead atoms. The second-order valence-corrected chi connectivity index (χ2v) is 10.1. The van der Waals surface area contributed by atoms with Crippen molar-refractivity contribution < 1.29 is 13.2 Å². The van der Waals surface area contributed by atoms with Crippen molar-refractivity contribution in [3.63, 3.8) is 0 Å². The van der Waals surface area contributed by atoms with E-state index < -0.39 is 10.0 Å². The number of anilines is 5. The number of nitrogens with one attached hydrogen (secondary N) is 3. The smallest absolute Gasteiger partial charge is 0.227 e. The first kappa shape index (κ1) is 23.6. The van der Waals surface area contributed by atoms with Crippen LogP contribution in [-0.2, 0) is 14.8 Å². The fourth-order valence-corrected chi connectivity index (χ4v) is 4.62. The van der Waals surface area contributed by atoms with E-state index in [1.807, 2.05) is 49.4 Å². The van der Waals surface area contributed by atoms with Gasteiger partial charge in [-0.05, 0) is 56.2 Å². The van der Waals surface area contributed by atoms with E-state index in [0.717, 1.165) is 5.69 Å². The zero-order valence-corrected chi connectivity index (χ0v) is 19.8. The van der Waals surface area contributed by atoms with Crippen molar-refractivity contribution in [3.05, 3.63) is 60.6 Å². The summed E-state index contributed by atoms with van der Waals surface area (Å²) in [5.41, 5.74) is 1.49. The van der Waals surface area contributed by atoms with Crippen molar-refractivity contribution in [2.75, 3.05) is 35.3 Å². The molecule has 1 aliphatic rings. The van der Waals surface area contributed by atoms with Gasteiger partial charge >= 0.3 is 0 Å². The summed E-state index contributed by atoms with van der Waals surface area (Å²) in [7, 11) is -3.21. The Labute approximate surface area is 198 Å². The summed E-state index contributed by atoms with van der Waals surface area (Å²) < 4.78 is 24.7. The second kappa shape index (κ2) is 10.1. The van der Waals surface area contributed by atoms with Gasteiger partial charge in [0.15, 0.2) is 0 Å². The zero-order chi connectivity index (χ0) is 24.1. The molecule has 0 spiro atoms.